The average molecular weight is 174 g/mol. The third kappa shape index (κ3) is 2.34. The first-order valence-corrected chi connectivity index (χ1v) is 4.03. The van der Waals surface area contributed by atoms with Crippen LogP contribution in [-0.4, -0.2) is 5.78 Å². The topological polar surface area (TPSA) is 26.3 Å². The number of benzene rings is 1. The van der Waals surface area contributed by atoms with Crippen molar-refractivity contribution in [3.63, 3.8) is 0 Å². The van der Waals surface area contributed by atoms with Gasteiger partial charge in [-0.15, -0.1) is 0 Å². The Balaban J connectivity index is 2.93. The number of terminal acetylenes is 1. The van der Waals surface area contributed by atoms with Crippen LogP contribution in [0.15, 0.2) is 24.3 Å². The van der Waals surface area contributed by atoms with Gasteiger partial charge in [0.15, 0.2) is 5.78 Å². The second-order valence-corrected chi connectivity index (χ2v) is 2.52. The second kappa shape index (κ2) is 4.32. The zero-order chi connectivity index (χ0) is 9.68. The summed E-state index contributed by atoms with van der Waals surface area (Å²) in [5, 5.41) is 0. The van der Waals surface area contributed by atoms with Gasteiger partial charge in [0.25, 0.3) is 0 Å². The normalized spacial score (nSPS) is 8.92. The molecule has 0 radical (unpaired) electrons. The van der Waals surface area contributed by atoms with E-state index in [1.807, 2.05) is 6.92 Å². The molecule has 1 rings (SSSR count). The van der Waals surface area contributed by atoms with Gasteiger partial charge in [-0.1, -0.05) is 25.5 Å². The molecule has 0 saturated carbocycles. The molecule has 0 amide bonds. The largest absolute Gasteiger partial charge is 0.408 e. The van der Waals surface area contributed by atoms with E-state index in [-0.39, 0.29) is 5.78 Å². The summed E-state index contributed by atoms with van der Waals surface area (Å²) in [5.74, 6) is 0.615. The SMILES string of the molecule is C#COc1cccc(C(=O)CC)c1. The quantitative estimate of drug-likeness (QED) is 0.519. The molecule has 0 aliphatic carbocycles. The monoisotopic (exact) mass is 174 g/mol. The van der Waals surface area contributed by atoms with E-state index in [4.69, 9.17) is 11.2 Å². The fourth-order valence-corrected chi connectivity index (χ4v) is 1.01. The minimum Gasteiger partial charge on any atom is -0.408 e. The number of rotatable bonds is 3. The Kier molecular flexibility index (Phi) is 3.10. The van der Waals surface area contributed by atoms with Gasteiger partial charge in [0.2, 0.25) is 0 Å². The molecular formula is C11H10O2. The summed E-state index contributed by atoms with van der Waals surface area (Å²) in [5.41, 5.74) is 0.634. The highest BCUT2D eigenvalue weighted by atomic mass is 16.5. The zero-order valence-corrected chi connectivity index (χ0v) is 7.41. The van der Waals surface area contributed by atoms with Crippen LogP contribution >= 0.6 is 0 Å². The maximum Gasteiger partial charge on any atom is 0.162 e. The van der Waals surface area contributed by atoms with Crippen molar-refractivity contribution >= 4 is 5.78 Å². The van der Waals surface area contributed by atoms with E-state index in [0.29, 0.717) is 17.7 Å². The first-order valence-electron chi connectivity index (χ1n) is 4.03. The van der Waals surface area contributed by atoms with E-state index in [2.05, 4.69) is 6.11 Å². The molecule has 1 aromatic rings. The molecule has 0 bridgehead atoms. The number of hydrogen-bond acceptors (Lipinski definition) is 2. The lowest BCUT2D eigenvalue weighted by molar-refractivity contribution is 0.0988. The first kappa shape index (κ1) is 9.34. The van der Waals surface area contributed by atoms with Crippen molar-refractivity contribution in [2.45, 2.75) is 13.3 Å². The Morgan fingerprint density at radius 2 is 2.38 bits per heavy atom. The van der Waals surface area contributed by atoms with E-state index in [1.165, 1.54) is 0 Å². The molecule has 0 heterocycles. The predicted octanol–water partition coefficient (Wildman–Crippen LogP) is 2.25. The summed E-state index contributed by atoms with van der Waals surface area (Å²) < 4.78 is 4.82. The molecule has 2 nitrogen and oxygen atoms in total. The van der Waals surface area contributed by atoms with E-state index in [1.54, 1.807) is 24.3 Å². The van der Waals surface area contributed by atoms with Gasteiger partial charge in [-0.05, 0) is 12.1 Å². The standard InChI is InChI=1S/C11H10O2/c1-3-11(12)9-6-5-7-10(8-9)13-4-2/h2,5-8H,3H2,1H3. The van der Waals surface area contributed by atoms with Gasteiger partial charge in [0.1, 0.15) is 11.9 Å². The maximum absolute atomic E-state index is 11.3. The van der Waals surface area contributed by atoms with Gasteiger partial charge in [0, 0.05) is 12.0 Å². The second-order valence-electron chi connectivity index (χ2n) is 2.52. The summed E-state index contributed by atoms with van der Waals surface area (Å²) in [6, 6.07) is 6.85. The van der Waals surface area contributed by atoms with Crippen LogP contribution in [0.5, 0.6) is 5.75 Å². The number of carbonyl (C=O) groups is 1. The van der Waals surface area contributed by atoms with Crippen LogP contribution in [0, 0.1) is 12.5 Å². The maximum atomic E-state index is 11.3. The first-order chi connectivity index (χ1) is 6.27. The molecule has 0 aliphatic rings. The lowest BCUT2D eigenvalue weighted by atomic mass is 10.1. The Morgan fingerprint density at radius 3 is 3.00 bits per heavy atom. The number of ether oxygens (including phenoxy) is 1. The van der Waals surface area contributed by atoms with Crippen LogP contribution in [0.4, 0.5) is 0 Å². The van der Waals surface area contributed by atoms with E-state index in [0.717, 1.165) is 0 Å². The lowest BCUT2D eigenvalue weighted by Crippen LogP contribution is -1.96. The van der Waals surface area contributed by atoms with Gasteiger partial charge >= 0.3 is 0 Å². The molecular weight excluding hydrogens is 164 g/mol. The molecule has 1 aromatic carbocycles. The lowest BCUT2D eigenvalue weighted by Gasteiger charge is -2.00. The minimum absolute atomic E-state index is 0.0856. The predicted molar refractivity (Wildman–Crippen MR) is 50.5 cm³/mol. The Hall–Kier alpha value is -1.75. The molecule has 0 unspecified atom stereocenters. The van der Waals surface area contributed by atoms with Crippen molar-refractivity contribution in [3.8, 4) is 18.3 Å². The number of hydrogen-bond donors (Lipinski definition) is 0. The van der Waals surface area contributed by atoms with Crippen molar-refractivity contribution in [2.75, 3.05) is 0 Å². The van der Waals surface area contributed by atoms with Crippen molar-refractivity contribution < 1.29 is 9.53 Å². The van der Waals surface area contributed by atoms with Crippen LogP contribution in [-0.2, 0) is 0 Å². The van der Waals surface area contributed by atoms with Gasteiger partial charge in [0.05, 0.1) is 0 Å². The molecule has 2 heteroatoms. The number of Topliss-reactive ketones (excluding diaryl/α,β-unsaturated/α-hetero) is 1. The van der Waals surface area contributed by atoms with E-state index in [9.17, 15) is 4.79 Å². The van der Waals surface area contributed by atoms with Gasteiger partial charge < -0.3 is 4.74 Å². The number of carbonyl (C=O) groups excluding carboxylic acids is 1. The fourth-order valence-electron chi connectivity index (χ4n) is 1.01. The van der Waals surface area contributed by atoms with Crippen LogP contribution in [0.2, 0.25) is 0 Å². The fraction of sp³-hybridized carbons (Fsp3) is 0.182. The Labute approximate surface area is 77.5 Å². The summed E-state index contributed by atoms with van der Waals surface area (Å²) in [7, 11) is 0. The van der Waals surface area contributed by atoms with Gasteiger partial charge in [-0.2, -0.15) is 0 Å². The molecule has 0 N–H and O–H groups in total. The van der Waals surface area contributed by atoms with Gasteiger partial charge in [-0.25, -0.2) is 0 Å². The smallest absolute Gasteiger partial charge is 0.162 e. The van der Waals surface area contributed by atoms with Gasteiger partial charge in [-0.3, -0.25) is 4.79 Å². The number of ketones is 1. The van der Waals surface area contributed by atoms with Crippen molar-refractivity contribution in [2.24, 2.45) is 0 Å². The molecule has 66 valence electrons. The van der Waals surface area contributed by atoms with E-state index >= 15 is 0 Å². The Morgan fingerprint density at radius 1 is 1.62 bits per heavy atom. The molecule has 0 aromatic heterocycles. The van der Waals surface area contributed by atoms with Crippen LogP contribution < -0.4 is 4.74 Å². The summed E-state index contributed by atoms with van der Waals surface area (Å²) in [4.78, 5) is 11.3. The molecule has 13 heavy (non-hydrogen) atoms. The van der Waals surface area contributed by atoms with Crippen LogP contribution in [0.25, 0.3) is 0 Å². The van der Waals surface area contributed by atoms with Crippen molar-refractivity contribution in [1.29, 1.82) is 0 Å². The van der Waals surface area contributed by atoms with Crippen molar-refractivity contribution in [3.05, 3.63) is 29.8 Å². The Bertz CT molecular complexity index is 347. The summed E-state index contributed by atoms with van der Waals surface area (Å²) >= 11 is 0. The third-order valence-corrected chi connectivity index (χ3v) is 1.65. The highest BCUT2D eigenvalue weighted by Gasteiger charge is 2.03. The van der Waals surface area contributed by atoms with E-state index < -0.39 is 0 Å². The summed E-state index contributed by atoms with van der Waals surface area (Å²) in [6.45, 7) is 1.82. The molecule has 0 spiro atoms. The highest BCUT2D eigenvalue weighted by molar-refractivity contribution is 5.96. The third-order valence-electron chi connectivity index (χ3n) is 1.65. The summed E-state index contributed by atoms with van der Waals surface area (Å²) in [6.07, 6.45) is 7.50. The molecule has 0 atom stereocenters. The van der Waals surface area contributed by atoms with Crippen molar-refractivity contribution in [1.82, 2.24) is 0 Å². The van der Waals surface area contributed by atoms with Crippen LogP contribution in [0.1, 0.15) is 23.7 Å². The average Bonchev–Trinajstić information content (AvgIpc) is 2.18. The highest BCUT2D eigenvalue weighted by Crippen LogP contribution is 2.14. The molecule has 0 fully saturated rings. The minimum atomic E-state index is 0.0856. The zero-order valence-electron chi connectivity index (χ0n) is 7.41. The van der Waals surface area contributed by atoms with Crippen LogP contribution in [0.3, 0.4) is 0 Å². The molecule has 0 aliphatic heterocycles. The molecule has 0 saturated heterocycles.